The molecule has 0 atom stereocenters. The van der Waals surface area contributed by atoms with E-state index < -0.39 is 0 Å². The number of benzene rings is 1. The van der Waals surface area contributed by atoms with Crippen LogP contribution in [0.2, 0.25) is 0 Å². The molecule has 0 aliphatic rings. The number of rotatable bonds is 3. The second kappa shape index (κ2) is 9.82. The first-order valence-corrected chi connectivity index (χ1v) is 4.89. The van der Waals surface area contributed by atoms with Crippen LogP contribution in [0, 0.1) is 0 Å². The minimum atomic E-state index is 0.578. The molecule has 0 saturated carbocycles. The van der Waals surface area contributed by atoms with Crippen LogP contribution in [0.25, 0.3) is 6.08 Å². The molecule has 0 radical (unpaired) electrons. The third-order valence-electron chi connectivity index (χ3n) is 1.37. The average molecular weight is 207 g/mol. The van der Waals surface area contributed by atoms with Crippen LogP contribution < -0.4 is 0 Å². The van der Waals surface area contributed by atoms with Crippen molar-refractivity contribution in [3.8, 4) is 0 Å². The Labute approximate surface area is 91.2 Å². The molecule has 74 valence electrons. The van der Waals surface area contributed by atoms with Gasteiger partial charge in [-0.05, 0) is 5.56 Å². The Morgan fingerprint density at radius 2 is 1.64 bits per heavy atom. The first kappa shape index (κ1) is 12.7. The number of halogens is 1. The summed E-state index contributed by atoms with van der Waals surface area (Å²) in [4.78, 5) is 0. The van der Waals surface area contributed by atoms with Crippen LogP contribution in [0.5, 0.6) is 0 Å². The first-order chi connectivity index (χ1) is 6.85. The van der Waals surface area contributed by atoms with E-state index in [1.165, 1.54) is 5.56 Å². The number of hydrogen-bond acceptors (Lipinski definition) is 0. The monoisotopic (exact) mass is 206 g/mol. The lowest BCUT2D eigenvalue weighted by atomic mass is 10.2. The van der Waals surface area contributed by atoms with Crippen molar-refractivity contribution >= 4 is 17.7 Å². The molecule has 0 aliphatic heterocycles. The quantitative estimate of drug-likeness (QED) is 0.511. The van der Waals surface area contributed by atoms with Crippen LogP contribution in [0.15, 0.2) is 61.7 Å². The van der Waals surface area contributed by atoms with Gasteiger partial charge in [0.25, 0.3) is 0 Å². The van der Waals surface area contributed by atoms with Crippen molar-refractivity contribution in [2.45, 2.75) is 0 Å². The molecule has 1 aromatic carbocycles. The number of allylic oxidation sites excluding steroid dienone is 3. The highest BCUT2D eigenvalue weighted by atomic mass is 35.5. The Hall–Kier alpha value is -1.27. The molecule has 0 nitrogen and oxygen atoms in total. The summed E-state index contributed by atoms with van der Waals surface area (Å²) >= 11 is 5.46. The topological polar surface area (TPSA) is 0 Å². The lowest BCUT2D eigenvalue weighted by Crippen LogP contribution is -1.67. The van der Waals surface area contributed by atoms with Gasteiger partial charge in [0.2, 0.25) is 0 Å². The smallest absolute Gasteiger partial charge is 0.0407 e. The summed E-state index contributed by atoms with van der Waals surface area (Å²) in [7, 11) is 0. The highest BCUT2D eigenvalue weighted by Crippen LogP contribution is 2.00. The summed E-state index contributed by atoms with van der Waals surface area (Å²) in [5.74, 6) is 0.578. The van der Waals surface area contributed by atoms with Gasteiger partial charge in [-0.3, -0.25) is 0 Å². The maximum atomic E-state index is 5.46. The fourth-order valence-electron chi connectivity index (χ4n) is 0.745. The molecular weight excluding hydrogens is 192 g/mol. The lowest BCUT2D eigenvalue weighted by molar-refractivity contribution is 1.65. The molecule has 1 rings (SSSR count). The molecule has 1 aromatic rings. The Bertz CT molecular complexity index is 267. The summed E-state index contributed by atoms with van der Waals surface area (Å²) in [5.41, 5.74) is 1.20. The maximum Gasteiger partial charge on any atom is 0.0407 e. The SMILES string of the molecule is C=CC=C.ClCC=Cc1ccccc1. The average Bonchev–Trinajstić information content (AvgIpc) is 2.28. The van der Waals surface area contributed by atoms with Crippen molar-refractivity contribution in [2.24, 2.45) is 0 Å². The molecule has 0 fully saturated rings. The second-order valence-corrected chi connectivity index (χ2v) is 2.75. The van der Waals surface area contributed by atoms with E-state index in [2.05, 4.69) is 13.2 Å². The molecule has 1 heteroatoms. The van der Waals surface area contributed by atoms with Crippen LogP contribution in [-0.4, -0.2) is 5.88 Å². The summed E-state index contributed by atoms with van der Waals surface area (Å²) in [5, 5.41) is 0. The van der Waals surface area contributed by atoms with Crippen molar-refractivity contribution in [2.75, 3.05) is 5.88 Å². The lowest BCUT2D eigenvalue weighted by Gasteiger charge is -1.87. The normalized spacial score (nSPS) is 8.93. The van der Waals surface area contributed by atoms with E-state index in [9.17, 15) is 0 Å². The summed E-state index contributed by atoms with van der Waals surface area (Å²) < 4.78 is 0. The Morgan fingerprint density at radius 1 is 1.07 bits per heavy atom. The molecule has 0 unspecified atom stereocenters. The summed E-state index contributed by atoms with van der Waals surface area (Å²) in [6.07, 6.45) is 7.21. The van der Waals surface area contributed by atoms with Gasteiger partial charge in [-0.2, -0.15) is 0 Å². The highest BCUT2D eigenvalue weighted by molar-refractivity contribution is 6.19. The first-order valence-electron chi connectivity index (χ1n) is 4.36. The molecule has 0 amide bonds. The van der Waals surface area contributed by atoms with Gasteiger partial charge in [0.1, 0.15) is 0 Å². The van der Waals surface area contributed by atoms with E-state index in [4.69, 9.17) is 11.6 Å². The fourth-order valence-corrected chi connectivity index (χ4v) is 0.834. The van der Waals surface area contributed by atoms with Crippen molar-refractivity contribution in [3.05, 3.63) is 67.3 Å². The van der Waals surface area contributed by atoms with Gasteiger partial charge >= 0.3 is 0 Å². The van der Waals surface area contributed by atoms with Gasteiger partial charge in [0.15, 0.2) is 0 Å². The van der Waals surface area contributed by atoms with Crippen LogP contribution in [0.4, 0.5) is 0 Å². The van der Waals surface area contributed by atoms with Crippen molar-refractivity contribution in [1.82, 2.24) is 0 Å². The van der Waals surface area contributed by atoms with Gasteiger partial charge < -0.3 is 0 Å². The van der Waals surface area contributed by atoms with Gasteiger partial charge in [0, 0.05) is 5.88 Å². The van der Waals surface area contributed by atoms with E-state index >= 15 is 0 Å². The van der Waals surface area contributed by atoms with Crippen LogP contribution in [-0.2, 0) is 0 Å². The van der Waals surface area contributed by atoms with Crippen LogP contribution >= 0.6 is 11.6 Å². The van der Waals surface area contributed by atoms with Crippen LogP contribution in [0.3, 0.4) is 0 Å². The van der Waals surface area contributed by atoms with Crippen molar-refractivity contribution in [3.63, 3.8) is 0 Å². The van der Waals surface area contributed by atoms with Gasteiger partial charge in [-0.25, -0.2) is 0 Å². The molecule has 0 heterocycles. The Kier molecular flexibility index (Phi) is 8.92. The third kappa shape index (κ3) is 7.38. The van der Waals surface area contributed by atoms with E-state index in [0.29, 0.717) is 5.88 Å². The largest absolute Gasteiger partial charge is 0.122 e. The van der Waals surface area contributed by atoms with E-state index in [-0.39, 0.29) is 0 Å². The zero-order valence-corrected chi connectivity index (χ0v) is 8.95. The fraction of sp³-hybridized carbons (Fsp3) is 0.0769. The highest BCUT2D eigenvalue weighted by Gasteiger charge is 1.79. The Balaban J connectivity index is 0.000000364. The molecule has 0 aliphatic carbocycles. The summed E-state index contributed by atoms with van der Waals surface area (Å²) in [6.45, 7) is 6.72. The molecule has 0 spiro atoms. The molecular formula is C13H15Cl. The van der Waals surface area contributed by atoms with Crippen LogP contribution in [0.1, 0.15) is 5.56 Å². The van der Waals surface area contributed by atoms with Gasteiger partial charge in [0.05, 0.1) is 0 Å². The molecule has 0 bridgehead atoms. The van der Waals surface area contributed by atoms with Crippen molar-refractivity contribution < 1.29 is 0 Å². The minimum absolute atomic E-state index is 0.578. The second-order valence-electron chi connectivity index (χ2n) is 2.44. The molecule has 14 heavy (non-hydrogen) atoms. The molecule has 0 saturated heterocycles. The van der Waals surface area contributed by atoms with Crippen molar-refractivity contribution in [1.29, 1.82) is 0 Å². The zero-order chi connectivity index (χ0) is 10.6. The maximum absolute atomic E-state index is 5.46. The number of hydrogen-bond donors (Lipinski definition) is 0. The third-order valence-corrected chi connectivity index (χ3v) is 1.54. The predicted octanol–water partition coefficient (Wildman–Crippen LogP) is 4.30. The van der Waals surface area contributed by atoms with Gasteiger partial charge in [-0.1, -0.05) is 67.8 Å². The predicted molar refractivity (Wildman–Crippen MR) is 66.6 cm³/mol. The molecule has 0 aromatic heterocycles. The molecule has 0 N–H and O–H groups in total. The Morgan fingerprint density at radius 3 is 2.07 bits per heavy atom. The zero-order valence-electron chi connectivity index (χ0n) is 8.20. The van der Waals surface area contributed by atoms with E-state index in [1.807, 2.05) is 42.5 Å². The van der Waals surface area contributed by atoms with E-state index in [1.54, 1.807) is 12.2 Å². The van der Waals surface area contributed by atoms with Gasteiger partial charge in [-0.15, -0.1) is 11.6 Å². The standard InChI is InChI=1S/C9H9Cl.C4H6/c10-8-4-7-9-5-2-1-3-6-9;1-3-4-2/h1-7H,8H2;3-4H,1-2H2. The summed E-state index contributed by atoms with van der Waals surface area (Å²) in [6, 6.07) is 10.1. The van der Waals surface area contributed by atoms with E-state index in [0.717, 1.165) is 0 Å². The number of alkyl halides is 1. The minimum Gasteiger partial charge on any atom is -0.122 e.